The summed E-state index contributed by atoms with van der Waals surface area (Å²) in [6, 6.07) is -3.58. The van der Waals surface area contributed by atoms with Gasteiger partial charge in [0.15, 0.2) is 9.84 Å². The zero-order chi connectivity index (χ0) is 36.1. The van der Waals surface area contributed by atoms with Gasteiger partial charge in [0, 0.05) is 24.4 Å². The van der Waals surface area contributed by atoms with Crippen molar-refractivity contribution < 1.29 is 32.4 Å². The minimum absolute atomic E-state index is 0.00430. The third-order valence-electron chi connectivity index (χ3n) is 11.2. The number of piperidine rings is 1. The Kier molecular flexibility index (Phi) is 10.4. The molecule has 13 heteroatoms. The van der Waals surface area contributed by atoms with Gasteiger partial charge in [0.25, 0.3) is 5.91 Å². The molecule has 0 aromatic rings. The lowest BCUT2D eigenvalue weighted by Crippen LogP contribution is -2.64. The fraction of sp³-hybridized carbons (Fsp3) is 0.806. The van der Waals surface area contributed by atoms with Gasteiger partial charge in [-0.2, -0.15) is 0 Å². The van der Waals surface area contributed by atoms with E-state index in [1.807, 2.05) is 20.8 Å². The molecule has 4 aliphatic carbocycles. The van der Waals surface area contributed by atoms with Crippen LogP contribution in [0.3, 0.4) is 0 Å². The third-order valence-corrected chi connectivity index (χ3v) is 14.0. The Bertz CT molecular complexity index is 1460. The molecule has 274 valence electrons. The summed E-state index contributed by atoms with van der Waals surface area (Å²) in [5.41, 5.74) is -0.850. The maximum atomic E-state index is 14.4. The van der Waals surface area contributed by atoms with Crippen molar-refractivity contribution in [2.75, 3.05) is 12.3 Å². The number of carbonyl (C=O) groups is 5. The fourth-order valence-electron chi connectivity index (χ4n) is 7.42. The Hall–Kier alpha value is -2.96. The number of amides is 5. The second-order valence-corrected chi connectivity index (χ2v) is 20.2. The van der Waals surface area contributed by atoms with Crippen LogP contribution in [-0.4, -0.2) is 89.6 Å². The zero-order valence-corrected chi connectivity index (χ0v) is 31.0. The molecular weight excluding hydrogens is 646 g/mol. The number of rotatable bonds is 13. The Balaban J connectivity index is 1.31. The van der Waals surface area contributed by atoms with E-state index in [1.54, 1.807) is 20.8 Å². The molecule has 49 heavy (non-hydrogen) atoms. The number of carbonyl (C=O) groups excluding carboxylic acids is 5. The van der Waals surface area contributed by atoms with E-state index in [9.17, 15) is 32.4 Å². The Morgan fingerprint density at radius 2 is 1.57 bits per heavy atom. The predicted molar refractivity (Wildman–Crippen MR) is 186 cm³/mol. The van der Waals surface area contributed by atoms with Crippen molar-refractivity contribution in [3.63, 3.8) is 0 Å². The summed E-state index contributed by atoms with van der Waals surface area (Å²) >= 11 is 0. The van der Waals surface area contributed by atoms with Crippen molar-refractivity contribution >= 4 is 39.4 Å². The number of nitrogens with zero attached hydrogens (tertiary/aromatic N) is 1. The number of Topliss-reactive ketones (excluding diaryl/α,β-unsaturated/α-hetero) is 1. The first kappa shape index (κ1) is 37.3. The SMILES string of the molecule is C=C1C2CN(C(=O)C(NC(=O)NC3(CS(=O)(=O)C(C)(C)C)CCCCC3)C(C)(C)C)C(C(=O)NC(CCC3CC3)C(=O)C(=O)NC3CC3)C12. The number of hydrogen-bond donors (Lipinski definition) is 4. The van der Waals surface area contributed by atoms with Crippen LogP contribution in [-0.2, 0) is 29.0 Å². The highest BCUT2D eigenvalue weighted by molar-refractivity contribution is 7.92. The maximum Gasteiger partial charge on any atom is 0.315 e. The summed E-state index contributed by atoms with van der Waals surface area (Å²) < 4.78 is 25.6. The van der Waals surface area contributed by atoms with Crippen LogP contribution in [0.4, 0.5) is 4.79 Å². The van der Waals surface area contributed by atoms with Crippen molar-refractivity contribution in [3.05, 3.63) is 12.2 Å². The number of likely N-dealkylation sites (tertiary alicyclic amines) is 1. The van der Waals surface area contributed by atoms with Crippen LogP contribution in [0, 0.1) is 23.2 Å². The first-order chi connectivity index (χ1) is 22.7. The van der Waals surface area contributed by atoms with Crippen molar-refractivity contribution in [2.24, 2.45) is 23.2 Å². The van der Waals surface area contributed by atoms with Gasteiger partial charge >= 0.3 is 6.03 Å². The highest BCUT2D eigenvalue weighted by Gasteiger charge is 2.61. The summed E-state index contributed by atoms with van der Waals surface area (Å²) in [6.07, 6.45) is 8.43. The number of urea groups is 1. The molecule has 12 nitrogen and oxygen atoms in total. The van der Waals surface area contributed by atoms with E-state index in [2.05, 4.69) is 27.8 Å². The summed E-state index contributed by atoms with van der Waals surface area (Å²) in [5, 5.41) is 11.4. The second-order valence-electron chi connectivity index (χ2n) is 17.4. The van der Waals surface area contributed by atoms with Crippen LogP contribution in [0.1, 0.15) is 112 Å². The zero-order valence-electron chi connectivity index (χ0n) is 30.2. The van der Waals surface area contributed by atoms with Gasteiger partial charge in [-0.1, -0.05) is 65.0 Å². The van der Waals surface area contributed by atoms with Gasteiger partial charge in [-0.15, -0.1) is 0 Å². The average molecular weight is 704 g/mol. The monoisotopic (exact) mass is 703 g/mol. The van der Waals surface area contributed by atoms with E-state index in [-0.39, 0.29) is 30.2 Å². The Morgan fingerprint density at radius 1 is 0.939 bits per heavy atom. The summed E-state index contributed by atoms with van der Waals surface area (Å²) in [4.78, 5) is 69.5. The van der Waals surface area contributed by atoms with Crippen molar-refractivity contribution in [3.8, 4) is 0 Å². The summed E-state index contributed by atoms with van der Waals surface area (Å²) in [5.74, 6) is -2.34. The Labute approximate surface area is 291 Å². The molecular formula is C36H57N5O7S. The molecule has 5 amide bonds. The molecule has 0 aromatic heterocycles. The van der Waals surface area contributed by atoms with Crippen molar-refractivity contribution in [2.45, 2.75) is 147 Å². The first-order valence-electron chi connectivity index (χ1n) is 18.2. The molecule has 5 rings (SSSR count). The molecule has 4 saturated carbocycles. The molecule has 4 N–H and O–H groups in total. The molecule has 5 fully saturated rings. The standard InChI is InChI=1S/C36H57N5O7S/c1-21-24-19-41(27(26(21)24)30(43)38-25(16-13-22-11-12-22)28(42)31(44)37-23-14-15-23)32(45)29(34(2,3)4)39-33(46)40-36(17-9-8-10-18-36)20-49(47,48)35(5,6)7/h22-27,29H,1,8-20H2,2-7H3,(H,37,44)(H,38,43)(H2,39,40,46). The van der Waals surface area contributed by atoms with Gasteiger partial charge in [0.2, 0.25) is 17.6 Å². The lowest BCUT2D eigenvalue weighted by atomic mass is 9.83. The smallest absolute Gasteiger partial charge is 0.315 e. The van der Waals surface area contributed by atoms with Crippen LogP contribution >= 0.6 is 0 Å². The molecule has 0 bridgehead atoms. The second kappa shape index (κ2) is 13.6. The number of ketones is 1. The Morgan fingerprint density at radius 3 is 2.12 bits per heavy atom. The molecule has 5 aliphatic rings. The van der Waals surface area contributed by atoms with Crippen molar-refractivity contribution in [1.82, 2.24) is 26.2 Å². The molecule has 0 aromatic carbocycles. The number of sulfone groups is 1. The van der Waals surface area contributed by atoms with Gasteiger partial charge in [-0.05, 0) is 70.6 Å². The van der Waals surface area contributed by atoms with Gasteiger partial charge < -0.3 is 26.2 Å². The minimum atomic E-state index is -3.56. The molecule has 1 aliphatic heterocycles. The van der Waals surface area contributed by atoms with Crippen LogP contribution in [0.5, 0.6) is 0 Å². The van der Waals surface area contributed by atoms with Crippen LogP contribution in [0.2, 0.25) is 0 Å². The fourth-order valence-corrected chi connectivity index (χ4v) is 8.94. The lowest BCUT2D eigenvalue weighted by molar-refractivity contribution is -0.144. The van der Waals surface area contributed by atoms with E-state index in [4.69, 9.17) is 0 Å². The predicted octanol–water partition coefficient (Wildman–Crippen LogP) is 3.15. The maximum absolute atomic E-state index is 14.4. The van der Waals surface area contributed by atoms with E-state index in [0.717, 1.165) is 56.9 Å². The first-order valence-corrected chi connectivity index (χ1v) is 19.8. The highest BCUT2D eigenvalue weighted by Crippen LogP contribution is 2.54. The topological polar surface area (TPSA) is 171 Å². The largest absolute Gasteiger partial charge is 0.347 e. The van der Waals surface area contributed by atoms with E-state index in [0.29, 0.717) is 25.2 Å². The summed E-state index contributed by atoms with van der Waals surface area (Å²) in [6.45, 7) is 14.8. The number of fused-ring (bicyclic) bond motifs is 1. The third kappa shape index (κ3) is 8.68. The van der Waals surface area contributed by atoms with Crippen molar-refractivity contribution in [1.29, 1.82) is 0 Å². The van der Waals surface area contributed by atoms with Gasteiger partial charge in [-0.3, -0.25) is 19.2 Å². The molecule has 0 radical (unpaired) electrons. The molecule has 1 saturated heterocycles. The molecule has 5 atom stereocenters. The highest BCUT2D eigenvalue weighted by atomic mass is 32.2. The van der Waals surface area contributed by atoms with Crippen LogP contribution < -0.4 is 21.3 Å². The van der Waals surface area contributed by atoms with Gasteiger partial charge in [0.05, 0.1) is 22.1 Å². The minimum Gasteiger partial charge on any atom is -0.347 e. The van der Waals surface area contributed by atoms with E-state index < -0.39 is 73.2 Å². The van der Waals surface area contributed by atoms with E-state index in [1.165, 1.54) is 4.90 Å². The number of nitrogens with one attached hydrogen (secondary N) is 4. The van der Waals surface area contributed by atoms with E-state index >= 15 is 0 Å². The average Bonchev–Trinajstić information content (AvgIpc) is 3.94. The summed E-state index contributed by atoms with van der Waals surface area (Å²) in [7, 11) is -3.56. The van der Waals surface area contributed by atoms with Crippen LogP contribution in [0.25, 0.3) is 0 Å². The van der Waals surface area contributed by atoms with Gasteiger partial charge in [-0.25, -0.2) is 13.2 Å². The molecule has 0 spiro atoms. The lowest BCUT2D eigenvalue weighted by Gasteiger charge is -2.41. The molecule has 5 unspecified atom stereocenters. The van der Waals surface area contributed by atoms with Gasteiger partial charge in [0.1, 0.15) is 12.1 Å². The molecule has 1 heterocycles. The van der Waals surface area contributed by atoms with Crippen LogP contribution in [0.15, 0.2) is 12.2 Å². The number of hydrogen-bond acceptors (Lipinski definition) is 7. The quantitative estimate of drug-likeness (QED) is 0.169. The normalized spacial score (nSPS) is 26.2.